The summed E-state index contributed by atoms with van der Waals surface area (Å²) in [6.07, 6.45) is 10.1. The molecule has 11 rings (SSSR count). The van der Waals surface area contributed by atoms with Crippen LogP contribution >= 0.6 is 23.2 Å². The van der Waals surface area contributed by atoms with Crippen LogP contribution in [0.15, 0.2) is 60.9 Å². The topological polar surface area (TPSA) is 327 Å². The lowest BCUT2D eigenvalue weighted by atomic mass is 9.98. The SMILES string of the molecule is Cc1cn2nc([C@@H]3CCCCN3C(=O)c3cc(Cl)ccc3NS(C)(=O)=O)cc2nc1N1CC(O)C1.Cc1cn2nc([C@@H]3CCCCN3C(=O)c3cc(Cl)ccc3NS(C)(=O)=O)cc2nc1N1CC(OC(=O)CCC(=O)O)C1.O=C1CCC(=O)O1. The third-order valence-corrected chi connectivity index (χ3v) is 16.0. The molecule has 26 nitrogen and oxygen atoms in total. The zero-order valence-electron chi connectivity index (χ0n) is 46.2. The average Bonchev–Trinajstić information content (AvgIpc) is 1.86. The number of benzene rings is 2. The molecule has 0 aliphatic carbocycles. The molecule has 4 N–H and O–H groups in total. The van der Waals surface area contributed by atoms with E-state index in [4.69, 9.17) is 53.2 Å². The first kappa shape index (κ1) is 60.9. The Morgan fingerprint density at radius 2 is 1.11 bits per heavy atom. The molecule has 0 spiro atoms. The van der Waals surface area contributed by atoms with Crippen LogP contribution in [0.4, 0.5) is 23.0 Å². The molecule has 0 unspecified atom stereocenters. The van der Waals surface area contributed by atoms with E-state index in [-0.39, 0.29) is 84.3 Å². The second-order valence-electron chi connectivity index (χ2n) is 21.2. The van der Waals surface area contributed by atoms with E-state index in [2.05, 4.69) is 14.2 Å². The van der Waals surface area contributed by atoms with E-state index in [1.807, 2.05) is 48.2 Å². The molecule has 2 amide bonds. The summed E-state index contributed by atoms with van der Waals surface area (Å²) in [6, 6.07) is 12.1. The molecule has 4 aromatic heterocycles. The highest BCUT2D eigenvalue weighted by atomic mass is 35.5. The van der Waals surface area contributed by atoms with Gasteiger partial charge in [0.25, 0.3) is 11.8 Å². The number of piperidine rings is 2. The molecular weight excluding hydrogens is 1180 g/mol. The molecule has 0 saturated carbocycles. The Bertz CT molecular complexity index is 3780. The number of fused-ring (bicyclic) bond motifs is 2. The number of hydrogen-bond acceptors (Lipinski definition) is 19. The number of carboxylic acid groups (broad SMARTS) is 1. The number of esters is 3. The van der Waals surface area contributed by atoms with Crippen molar-refractivity contribution in [3.05, 3.63) is 105 Å². The van der Waals surface area contributed by atoms with Gasteiger partial charge in [0.15, 0.2) is 11.3 Å². The minimum absolute atomic E-state index is 0.161. The van der Waals surface area contributed by atoms with E-state index < -0.39 is 43.9 Å². The van der Waals surface area contributed by atoms with Gasteiger partial charge in [-0.25, -0.2) is 35.8 Å². The van der Waals surface area contributed by atoms with E-state index in [1.165, 1.54) is 30.3 Å². The molecule has 448 valence electrons. The van der Waals surface area contributed by atoms with Crippen molar-refractivity contribution in [3.63, 3.8) is 0 Å². The molecule has 6 aromatic rings. The summed E-state index contributed by atoms with van der Waals surface area (Å²) < 4.78 is 65.2. The number of ether oxygens (including phenoxy) is 2. The predicted octanol–water partition coefficient (Wildman–Crippen LogP) is 5.49. The number of aromatic nitrogens is 6. The van der Waals surface area contributed by atoms with Crippen LogP contribution in [-0.4, -0.2) is 166 Å². The highest BCUT2D eigenvalue weighted by Gasteiger charge is 2.36. The Morgan fingerprint density at radius 3 is 1.50 bits per heavy atom. The number of cyclic esters (lactones) is 2. The van der Waals surface area contributed by atoms with Crippen LogP contribution in [0, 0.1) is 13.8 Å². The van der Waals surface area contributed by atoms with Gasteiger partial charge in [0.05, 0.1) is 103 Å². The largest absolute Gasteiger partial charge is 0.481 e. The number of carbonyl (C=O) groups is 6. The number of amides is 2. The molecule has 5 saturated heterocycles. The Balaban J connectivity index is 0.000000182. The zero-order chi connectivity index (χ0) is 60.4. The Kier molecular flexibility index (Phi) is 18.3. The molecule has 5 fully saturated rings. The number of aliphatic hydroxyl groups is 1. The molecular formula is C54H62Cl2N12O14S2. The number of likely N-dealkylation sites (tertiary alicyclic amines) is 2. The fourth-order valence-electron chi connectivity index (χ4n) is 10.4. The maximum absolute atomic E-state index is 13.8. The van der Waals surface area contributed by atoms with E-state index in [0.717, 1.165) is 73.1 Å². The van der Waals surface area contributed by atoms with Crippen molar-refractivity contribution in [2.45, 2.75) is 102 Å². The molecule has 5 aliphatic heterocycles. The van der Waals surface area contributed by atoms with E-state index in [9.17, 15) is 50.7 Å². The lowest BCUT2D eigenvalue weighted by Crippen LogP contribution is -2.53. The van der Waals surface area contributed by atoms with Gasteiger partial charge in [-0.3, -0.25) is 38.2 Å². The van der Waals surface area contributed by atoms with Gasteiger partial charge in [-0.1, -0.05) is 23.2 Å². The first-order chi connectivity index (χ1) is 39.7. The number of sulfonamides is 2. The minimum Gasteiger partial charge on any atom is -0.481 e. The standard InChI is InChI=1S/C27H31ClN6O7S.C23H27ClN6O4S.C4H4O3/c1-16-13-34-23(29-26(16)32-14-18(15-32)41-25(37)9-8-24(35)36)12-21(30-34)22-5-3-4-10-33(22)27(38)19-11-17(28)6-7-20(19)31-42(2,39)40;1-14-11-30-21(25-22(14)28-12-16(31)13-28)10-19(26-30)20-5-3-4-8-29(20)23(32)17-9-15(24)6-7-18(17)27-35(2,33)34;5-3-1-2-4(6)7-3/h6-7,11-13,18,22,31H,3-5,8-10,14-15H2,1-2H3,(H,35,36);6-7,9-11,16,20,27,31H,3-5,8,12-13H2,1-2H3;1-2H2/t22-;20-;/m00./s1. The molecule has 9 heterocycles. The maximum Gasteiger partial charge on any atom is 0.314 e. The van der Waals surface area contributed by atoms with E-state index in [1.54, 1.807) is 24.9 Å². The molecule has 2 aromatic carbocycles. The highest BCUT2D eigenvalue weighted by molar-refractivity contribution is 7.92. The van der Waals surface area contributed by atoms with Gasteiger partial charge in [-0.2, -0.15) is 10.2 Å². The molecule has 2 atom stereocenters. The highest BCUT2D eigenvalue weighted by Crippen LogP contribution is 2.37. The molecule has 30 heteroatoms. The summed E-state index contributed by atoms with van der Waals surface area (Å²) in [4.78, 5) is 87.0. The van der Waals surface area contributed by atoms with Crippen molar-refractivity contribution < 1.29 is 65.3 Å². The van der Waals surface area contributed by atoms with Crippen LogP contribution in [0.1, 0.15) is 120 Å². The van der Waals surface area contributed by atoms with Gasteiger partial charge >= 0.3 is 23.9 Å². The van der Waals surface area contributed by atoms with E-state index >= 15 is 0 Å². The molecule has 5 aliphatic rings. The lowest BCUT2D eigenvalue weighted by Gasteiger charge is -2.39. The van der Waals surface area contributed by atoms with Crippen molar-refractivity contribution in [1.82, 2.24) is 39.0 Å². The molecule has 0 radical (unpaired) electrons. The van der Waals surface area contributed by atoms with Crippen LogP contribution in [0.2, 0.25) is 10.0 Å². The average molecular weight is 1240 g/mol. The number of anilines is 4. The number of aliphatic carboxylic acids is 1. The van der Waals surface area contributed by atoms with Crippen LogP contribution in [0.25, 0.3) is 11.3 Å². The van der Waals surface area contributed by atoms with Gasteiger partial charge in [-0.05, 0) is 88.8 Å². The van der Waals surface area contributed by atoms with Crippen molar-refractivity contribution in [2.75, 3.05) is 71.0 Å². The lowest BCUT2D eigenvalue weighted by molar-refractivity contribution is -0.153. The predicted molar refractivity (Wildman–Crippen MR) is 308 cm³/mol. The Morgan fingerprint density at radius 1 is 0.667 bits per heavy atom. The van der Waals surface area contributed by atoms with Crippen LogP contribution in [0.5, 0.6) is 0 Å². The third kappa shape index (κ3) is 14.8. The second-order valence-corrected chi connectivity index (χ2v) is 25.6. The van der Waals surface area contributed by atoms with Crippen molar-refractivity contribution in [2.24, 2.45) is 0 Å². The van der Waals surface area contributed by atoms with Gasteiger partial charge in [0.2, 0.25) is 20.0 Å². The van der Waals surface area contributed by atoms with Gasteiger partial charge in [-0.15, -0.1) is 0 Å². The normalized spacial score (nSPS) is 18.5. The summed E-state index contributed by atoms with van der Waals surface area (Å²) in [5.74, 6) is -1.49. The number of aliphatic hydroxyl groups excluding tert-OH is 1. The first-order valence-electron chi connectivity index (χ1n) is 27.0. The zero-order valence-corrected chi connectivity index (χ0v) is 49.4. The van der Waals surface area contributed by atoms with Crippen molar-refractivity contribution in [1.29, 1.82) is 0 Å². The van der Waals surface area contributed by atoms with Crippen LogP contribution < -0.4 is 19.2 Å². The number of nitrogens with zero attached hydrogens (tertiary/aromatic N) is 10. The molecule has 0 bridgehead atoms. The summed E-state index contributed by atoms with van der Waals surface area (Å²) in [5.41, 5.74) is 5.18. The van der Waals surface area contributed by atoms with Crippen LogP contribution in [0.3, 0.4) is 0 Å². The van der Waals surface area contributed by atoms with Gasteiger partial charge < -0.3 is 39.3 Å². The maximum atomic E-state index is 13.8. The molecule has 84 heavy (non-hydrogen) atoms. The monoisotopic (exact) mass is 1240 g/mol. The minimum atomic E-state index is -3.63. The number of rotatable bonds is 14. The smallest absolute Gasteiger partial charge is 0.314 e. The number of carbonyl (C=O) groups excluding carboxylic acids is 5. The Labute approximate surface area is 493 Å². The number of carboxylic acids is 1. The van der Waals surface area contributed by atoms with Gasteiger partial charge in [0, 0.05) is 71.9 Å². The Hall–Kier alpha value is -7.66. The number of β-amino-alcohol motifs (C(OH)–C–C–N with tert-alkyl or cyclic N) is 1. The summed E-state index contributed by atoms with van der Waals surface area (Å²) in [7, 11) is -7.21. The van der Waals surface area contributed by atoms with Crippen LogP contribution in [-0.2, 0) is 48.7 Å². The third-order valence-electron chi connectivity index (χ3n) is 14.4. The van der Waals surface area contributed by atoms with E-state index in [0.29, 0.717) is 72.7 Å². The van der Waals surface area contributed by atoms with Gasteiger partial charge in [0.1, 0.15) is 17.7 Å². The number of nitrogens with one attached hydrogen (secondary N) is 2. The summed E-state index contributed by atoms with van der Waals surface area (Å²) in [5, 5.41) is 28.5. The summed E-state index contributed by atoms with van der Waals surface area (Å²) in [6.45, 7) is 6.85. The fraction of sp³-hybridized carbons (Fsp3) is 0.444. The van der Waals surface area contributed by atoms with Crippen molar-refractivity contribution in [3.8, 4) is 0 Å². The number of halogens is 2. The first-order valence-corrected chi connectivity index (χ1v) is 31.5. The number of aryl methyl sites for hydroxylation is 2. The quantitative estimate of drug-likeness (QED) is 0.0774. The number of hydrogen-bond donors (Lipinski definition) is 4. The van der Waals surface area contributed by atoms with Crippen molar-refractivity contribution >= 4 is 113 Å². The second kappa shape index (κ2) is 25.3. The summed E-state index contributed by atoms with van der Waals surface area (Å²) >= 11 is 12.4. The fourth-order valence-corrected chi connectivity index (χ4v) is 11.9.